The molecule has 0 radical (unpaired) electrons. The zero-order chi connectivity index (χ0) is 13.1. The van der Waals surface area contributed by atoms with E-state index in [4.69, 9.17) is 21.4 Å². The lowest BCUT2D eigenvalue weighted by atomic mass is 10.2. The lowest BCUT2D eigenvalue weighted by Crippen LogP contribution is -2.48. The summed E-state index contributed by atoms with van der Waals surface area (Å²) >= 11 is 5.78. The van der Waals surface area contributed by atoms with Gasteiger partial charge >= 0.3 is 5.97 Å². The zero-order valence-electron chi connectivity index (χ0n) is 9.38. The molecule has 1 unspecified atom stereocenters. The van der Waals surface area contributed by atoms with Crippen LogP contribution in [0.4, 0.5) is 0 Å². The number of ether oxygens (including phenoxy) is 1. The van der Waals surface area contributed by atoms with Crippen molar-refractivity contribution < 1.29 is 19.4 Å². The number of aromatic nitrogens is 1. The van der Waals surface area contributed by atoms with E-state index < -0.39 is 12.1 Å². The molecule has 0 bridgehead atoms. The van der Waals surface area contributed by atoms with Crippen molar-refractivity contribution >= 4 is 23.5 Å². The smallest absolute Gasteiger partial charge is 0.334 e. The molecule has 1 aromatic rings. The second kappa shape index (κ2) is 5.32. The minimum atomic E-state index is -1.08. The molecule has 0 spiro atoms. The Balaban J connectivity index is 2.11. The number of nitrogens with zero attached hydrogens (tertiary/aromatic N) is 2. The van der Waals surface area contributed by atoms with E-state index in [-0.39, 0.29) is 24.8 Å². The highest BCUT2D eigenvalue weighted by molar-refractivity contribution is 6.30. The van der Waals surface area contributed by atoms with Crippen LogP contribution in [0.3, 0.4) is 0 Å². The summed E-state index contributed by atoms with van der Waals surface area (Å²) in [6.45, 7) is 0.558. The van der Waals surface area contributed by atoms with Crippen LogP contribution in [0, 0.1) is 0 Å². The summed E-state index contributed by atoms with van der Waals surface area (Å²) in [5.41, 5.74) is 0.202. The van der Waals surface area contributed by atoms with E-state index in [2.05, 4.69) is 4.98 Å². The van der Waals surface area contributed by atoms with Crippen LogP contribution in [0.5, 0.6) is 0 Å². The second-order valence-corrected chi connectivity index (χ2v) is 4.24. The molecule has 1 aliphatic rings. The Labute approximate surface area is 108 Å². The van der Waals surface area contributed by atoms with Crippen molar-refractivity contribution in [3.8, 4) is 0 Å². The van der Waals surface area contributed by atoms with Crippen LogP contribution in [0.15, 0.2) is 18.3 Å². The highest BCUT2D eigenvalue weighted by Crippen LogP contribution is 2.13. The number of rotatable bonds is 2. The molecule has 7 heteroatoms. The predicted octanol–water partition coefficient (Wildman–Crippen LogP) is 0.661. The molecule has 1 fully saturated rings. The maximum absolute atomic E-state index is 12.1. The van der Waals surface area contributed by atoms with Crippen molar-refractivity contribution in [1.82, 2.24) is 9.88 Å². The molecule has 1 saturated heterocycles. The predicted molar refractivity (Wildman–Crippen MR) is 62.5 cm³/mol. The number of hydrogen-bond acceptors (Lipinski definition) is 4. The molecule has 96 valence electrons. The van der Waals surface area contributed by atoms with E-state index >= 15 is 0 Å². The Morgan fingerprint density at radius 1 is 1.56 bits per heavy atom. The quantitative estimate of drug-likeness (QED) is 0.854. The Morgan fingerprint density at radius 2 is 2.33 bits per heavy atom. The number of carbonyl (C=O) groups excluding carboxylic acids is 1. The lowest BCUT2D eigenvalue weighted by Gasteiger charge is -2.30. The molecule has 1 atom stereocenters. The number of pyridine rings is 1. The van der Waals surface area contributed by atoms with Crippen molar-refractivity contribution in [2.24, 2.45) is 0 Å². The summed E-state index contributed by atoms with van der Waals surface area (Å²) in [5, 5.41) is 9.27. The van der Waals surface area contributed by atoms with Crippen LogP contribution in [-0.4, -0.2) is 52.7 Å². The number of halogens is 1. The SMILES string of the molecule is O=C(O)C1CN(C(=O)c2cc(Cl)ccn2)CCO1. The van der Waals surface area contributed by atoms with Crippen LogP contribution in [-0.2, 0) is 9.53 Å². The Kier molecular flexibility index (Phi) is 3.78. The van der Waals surface area contributed by atoms with Crippen molar-refractivity contribution in [1.29, 1.82) is 0 Å². The third kappa shape index (κ3) is 2.77. The van der Waals surface area contributed by atoms with Gasteiger partial charge in [0.1, 0.15) is 5.69 Å². The minimum absolute atomic E-state index is 0.0162. The van der Waals surface area contributed by atoms with Crippen LogP contribution in [0.1, 0.15) is 10.5 Å². The van der Waals surface area contributed by atoms with Gasteiger partial charge in [0, 0.05) is 17.8 Å². The molecule has 1 N–H and O–H groups in total. The van der Waals surface area contributed by atoms with E-state index in [1.165, 1.54) is 17.2 Å². The van der Waals surface area contributed by atoms with Crippen molar-refractivity contribution in [3.63, 3.8) is 0 Å². The molecule has 18 heavy (non-hydrogen) atoms. The normalized spacial score (nSPS) is 19.6. The zero-order valence-corrected chi connectivity index (χ0v) is 10.1. The number of aliphatic carboxylic acids is 1. The van der Waals surface area contributed by atoms with Crippen molar-refractivity contribution in [2.45, 2.75) is 6.10 Å². The van der Waals surface area contributed by atoms with Gasteiger partial charge in [0.05, 0.1) is 13.2 Å². The highest BCUT2D eigenvalue weighted by Gasteiger charge is 2.29. The second-order valence-electron chi connectivity index (χ2n) is 3.81. The molecule has 1 amide bonds. The maximum Gasteiger partial charge on any atom is 0.334 e. The van der Waals surface area contributed by atoms with Crippen LogP contribution in [0.25, 0.3) is 0 Å². The summed E-state index contributed by atoms with van der Waals surface area (Å²) in [6.07, 6.45) is 0.451. The van der Waals surface area contributed by atoms with Crippen LogP contribution >= 0.6 is 11.6 Å². The first-order valence-electron chi connectivity index (χ1n) is 5.33. The van der Waals surface area contributed by atoms with Gasteiger partial charge in [-0.1, -0.05) is 11.6 Å². The molecule has 2 rings (SSSR count). The molecule has 2 heterocycles. The number of morpholine rings is 1. The monoisotopic (exact) mass is 270 g/mol. The third-order valence-electron chi connectivity index (χ3n) is 2.57. The van der Waals surface area contributed by atoms with Gasteiger partial charge in [0.15, 0.2) is 6.10 Å². The topological polar surface area (TPSA) is 79.7 Å². The Bertz CT molecular complexity index is 480. The number of amides is 1. The van der Waals surface area contributed by atoms with E-state index in [1.54, 1.807) is 6.07 Å². The summed E-state index contributed by atoms with van der Waals surface area (Å²) in [4.78, 5) is 28.2. The van der Waals surface area contributed by atoms with Gasteiger partial charge in [-0.05, 0) is 12.1 Å². The largest absolute Gasteiger partial charge is 0.479 e. The van der Waals surface area contributed by atoms with Crippen LogP contribution in [0.2, 0.25) is 5.02 Å². The van der Waals surface area contributed by atoms with Gasteiger partial charge in [-0.15, -0.1) is 0 Å². The lowest BCUT2D eigenvalue weighted by molar-refractivity contribution is -0.154. The first-order chi connectivity index (χ1) is 8.58. The fraction of sp³-hybridized carbons (Fsp3) is 0.364. The van der Waals surface area contributed by atoms with Gasteiger partial charge in [-0.3, -0.25) is 9.78 Å². The first kappa shape index (κ1) is 12.8. The molecular formula is C11H11ClN2O4. The van der Waals surface area contributed by atoms with E-state index in [0.29, 0.717) is 11.6 Å². The Morgan fingerprint density at radius 3 is 3.00 bits per heavy atom. The standard InChI is InChI=1S/C11H11ClN2O4/c12-7-1-2-13-8(5-7)10(15)14-3-4-18-9(6-14)11(16)17/h1-2,5,9H,3-4,6H2,(H,16,17). The third-order valence-corrected chi connectivity index (χ3v) is 2.81. The summed E-state index contributed by atoms with van der Waals surface area (Å²) in [5.74, 6) is -1.42. The van der Waals surface area contributed by atoms with Crippen LogP contribution < -0.4 is 0 Å². The van der Waals surface area contributed by atoms with Crippen molar-refractivity contribution in [2.75, 3.05) is 19.7 Å². The number of carboxylic acids is 1. The average molecular weight is 271 g/mol. The summed E-state index contributed by atoms with van der Waals surface area (Å²) in [7, 11) is 0. The molecule has 1 aliphatic heterocycles. The van der Waals surface area contributed by atoms with E-state index in [1.807, 2.05) is 0 Å². The maximum atomic E-state index is 12.1. The molecule has 0 aromatic carbocycles. The minimum Gasteiger partial charge on any atom is -0.479 e. The molecular weight excluding hydrogens is 260 g/mol. The number of carboxylic acid groups (broad SMARTS) is 1. The van der Waals surface area contributed by atoms with Gasteiger partial charge in [0.25, 0.3) is 5.91 Å². The average Bonchev–Trinajstić information content (AvgIpc) is 2.38. The molecule has 0 saturated carbocycles. The van der Waals surface area contributed by atoms with Gasteiger partial charge in [0.2, 0.25) is 0 Å². The fourth-order valence-electron chi connectivity index (χ4n) is 1.67. The fourth-order valence-corrected chi connectivity index (χ4v) is 1.83. The van der Waals surface area contributed by atoms with Gasteiger partial charge in [-0.2, -0.15) is 0 Å². The van der Waals surface area contributed by atoms with Crippen molar-refractivity contribution in [3.05, 3.63) is 29.0 Å². The summed E-state index contributed by atoms with van der Waals surface area (Å²) in [6, 6.07) is 3.02. The van der Waals surface area contributed by atoms with E-state index in [9.17, 15) is 9.59 Å². The first-order valence-corrected chi connectivity index (χ1v) is 5.71. The Hall–Kier alpha value is -1.66. The number of hydrogen-bond donors (Lipinski definition) is 1. The number of carbonyl (C=O) groups is 2. The molecule has 0 aliphatic carbocycles. The summed E-state index contributed by atoms with van der Waals surface area (Å²) < 4.78 is 5.04. The highest BCUT2D eigenvalue weighted by atomic mass is 35.5. The molecule has 1 aromatic heterocycles. The van der Waals surface area contributed by atoms with Gasteiger partial charge in [-0.25, -0.2) is 4.79 Å². The van der Waals surface area contributed by atoms with E-state index in [0.717, 1.165) is 0 Å². The van der Waals surface area contributed by atoms with Gasteiger partial charge < -0.3 is 14.7 Å². The molecule has 6 nitrogen and oxygen atoms in total.